The molecule has 0 N–H and O–H groups in total. The van der Waals surface area contributed by atoms with Crippen molar-refractivity contribution < 1.29 is 13.9 Å². The topological polar surface area (TPSA) is 39.4 Å². The zero-order chi connectivity index (χ0) is 17.5. The minimum Gasteiger partial charge on any atom is -0.466 e. The zero-order valence-corrected chi connectivity index (χ0v) is 15.2. The van der Waals surface area contributed by atoms with Crippen molar-refractivity contribution in [2.24, 2.45) is 0 Å². The molecule has 0 spiro atoms. The van der Waals surface area contributed by atoms with Gasteiger partial charge in [-0.15, -0.1) is 0 Å². The van der Waals surface area contributed by atoms with Gasteiger partial charge in [-0.25, -0.2) is 0 Å². The van der Waals surface area contributed by atoms with E-state index in [-0.39, 0.29) is 11.9 Å². The molecule has 0 saturated carbocycles. The molecule has 0 aliphatic rings. The minimum absolute atomic E-state index is 0.160. The highest BCUT2D eigenvalue weighted by atomic mass is 16.5. The molecule has 3 heteroatoms. The van der Waals surface area contributed by atoms with Gasteiger partial charge in [-0.1, -0.05) is 43.7 Å². The molecule has 130 valence electrons. The highest BCUT2D eigenvalue weighted by Crippen LogP contribution is 2.35. The maximum Gasteiger partial charge on any atom is 0.130 e. The van der Waals surface area contributed by atoms with Gasteiger partial charge in [0, 0.05) is 31.1 Å². The third-order valence-electron chi connectivity index (χ3n) is 4.40. The first kappa shape index (κ1) is 18.5. The first-order valence-corrected chi connectivity index (χ1v) is 8.76. The van der Waals surface area contributed by atoms with Crippen LogP contribution in [0.4, 0.5) is 0 Å². The lowest BCUT2D eigenvalue weighted by Gasteiger charge is -2.17. The summed E-state index contributed by atoms with van der Waals surface area (Å²) in [6.07, 6.45) is 4.21. The van der Waals surface area contributed by atoms with Gasteiger partial charge in [-0.05, 0) is 32.3 Å². The van der Waals surface area contributed by atoms with Crippen molar-refractivity contribution in [3.8, 4) is 0 Å². The fourth-order valence-corrected chi connectivity index (χ4v) is 3.17. The van der Waals surface area contributed by atoms with Gasteiger partial charge in [0.1, 0.15) is 23.4 Å². The Hall–Kier alpha value is -1.87. The summed E-state index contributed by atoms with van der Waals surface area (Å²) in [5.41, 5.74) is 3.36. The van der Waals surface area contributed by atoms with Crippen LogP contribution < -0.4 is 0 Å². The third kappa shape index (κ3) is 4.35. The number of Topliss-reactive ketones (excluding diaryl/α,β-unsaturated/α-hetero) is 1. The Labute approximate surface area is 145 Å². The molecule has 0 bridgehead atoms. The molecule has 0 aliphatic heterocycles. The van der Waals surface area contributed by atoms with E-state index in [0.717, 1.165) is 47.5 Å². The van der Waals surface area contributed by atoms with Gasteiger partial charge in [0.15, 0.2) is 0 Å². The quantitative estimate of drug-likeness (QED) is 0.636. The Bertz CT molecular complexity index is 655. The number of carbonyl (C=O) groups is 1. The van der Waals surface area contributed by atoms with Crippen LogP contribution >= 0.6 is 0 Å². The van der Waals surface area contributed by atoms with E-state index in [1.165, 1.54) is 0 Å². The monoisotopic (exact) mass is 328 g/mol. The Morgan fingerprint density at radius 1 is 1.21 bits per heavy atom. The molecule has 1 unspecified atom stereocenters. The number of ketones is 1. The van der Waals surface area contributed by atoms with Crippen molar-refractivity contribution >= 4 is 5.78 Å². The van der Waals surface area contributed by atoms with E-state index in [9.17, 15) is 4.79 Å². The van der Waals surface area contributed by atoms with Gasteiger partial charge in [0.2, 0.25) is 0 Å². The number of carbonyl (C=O) groups excluding carboxylic acids is 1. The predicted octanol–water partition coefficient (Wildman–Crippen LogP) is 5.19. The maximum atomic E-state index is 11.5. The van der Waals surface area contributed by atoms with Crippen LogP contribution in [0.25, 0.3) is 0 Å². The van der Waals surface area contributed by atoms with Gasteiger partial charge < -0.3 is 13.9 Å². The van der Waals surface area contributed by atoms with Crippen LogP contribution in [-0.4, -0.2) is 12.9 Å². The second kappa shape index (κ2) is 8.84. The van der Waals surface area contributed by atoms with E-state index in [2.05, 4.69) is 19.1 Å². The Balaban J connectivity index is 2.45. The van der Waals surface area contributed by atoms with E-state index < -0.39 is 0 Å². The van der Waals surface area contributed by atoms with Crippen molar-refractivity contribution in [2.45, 2.75) is 59.0 Å². The SMILES string of the molecule is CCCCc1oc(C)c(C(OC)c2ccccc2)c1CCC(C)=O. The van der Waals surface area contributed by atoms with Crippen molar-refractivity contribution in [3.05, 3.63) is 58.5 Å². The van der Waals surface area contributed by atoms with Crippen LogP contribution in [0.5, 0.6) is 0 Å². The smallest absolute Gasteiger partial charge is 0.130 e. The normalized spacial score (nSPS) is 12.3. The number of hydrogen-bond acceptors (Lipinski definition) is 3. The third-order valence-corrected chi connectivity index (χ3v) is 4.40. The molecule has 0 saturated heterocycles. The average Bonchev–Trinajstić information content (AvgIpc) is 2.88. The number of benzene rings is 1. The molecule has 0 fully saturated rings. The van der Waals surface area contributed by atoms with Crippen LogP contribution in [0.2, 0.25) is 0 Å². The van der Waals surface area contributed by atoms with Crippen LogP contribution in [0.1, 0.15) is 67.4 Å². The van der Waals surface area contributed by atoms with Crippen molar-refractivity contribution in [1.29, 1.82) is 0 Å². The lowest BCUT2D eigenvalue weighted by atomic mass is 9.93. The molecule has 3 nitrogen and oxygen atoms in total. The number of rotatable bonds is 9. The van der Waals surface area contributed by atoms with Gasteiger partial charge >= 0.3 is 0 Å². The van der Waals surface area contributed by atoms with Gasteiger partial charge in [0.25, 0.3) is 0 Å². The molecule has 1 aromatic heterocycles. The number of hydrogen-bond donors (Lipinski definition) is 0. The van der Waals surface area contributed by atoms with E-state index in [4.69, 9.17) is 9.15 Å². The zero-order valence-electron chi connectivity index (χ0n) is 15.2. The second-order valence-corrected chi connectivity index (χ2v) is 6.31. The summed E-state index contributed by atoms with van der Waals surface area (Å²) >= 11 is 0. The van der Waals surface area contributed by atoms with E-state index in [1.807, 2.05) is 25.1 Å². The molecule has 0 radical (unpaired) electrons. The maximum absolute atomic E-state index is 11.5. The fraction of sp³-hybridized carbons (Fsp3) is 0.476. The number of furan rings is 1. The van der Waals surface area contributed by atoms with Crippen LogP contribution in [0.15, 0.2) is 34.7 Å². The molecule has 2 aromatic rings. The number of methoxy groups -OCH3 is 1. The van der Waals surface area contributed by atoms with Crippen molar-refractivity contribution in [1.82, 2.24) is 0 Å². The molecule has 1 heterocycles. The molecule has 0 aliphatic carbocycles. The number of ether oxygens (including phenoxy) is 1. The summed E-state index contributed by atoms with van der Waals surface area (Å²) in [6, 6.07) is 10.2. The van der Waals surface area contributed by atoms with Crippen LogP contribution in [0.3, 0.4) is 0 Å². The summed E-state index contributed by atoms with van der Waals surface area (Å²) in [4.78, 5) is 11.5. The van der Waals surface area contributed by atoms with Gasteiger partial charge in [-0.3, -0.25) is 0 Å². The van der Waals surface area contributed by atoms with Crippen LogP contribution in [-0.2, 0) is 22.4 Å². The number of aryl methyl sites for hydroxylation is 2. The first-order valence-electron chi connectivity index (χ1n) is 8.76. The van der Waals surface area contributed by atoms with E-state index >= 15 is 0 Å². The minimum atomic E-state index is -0.160. The number of unbranched alkanes of at least 4 members (excludes halogenated alkanes) is 1. The highest BCUT2D eigenvalue weighted by molar-refractivity contribution is 5.75. The van der Waals surface area contributed by atoms with Gasteiger partial charge in [0.05, 0.1) is 0 Å². The van der Waals surface area contributed by atoms with E-state index in [0.29, 0.717) is 12.8 Å². The largest absolute Gasteiger partial charge is 0.466 e. The summed E-state index contributed by atoms with van der Waals surface area (Å²) in [7, 11) is 1.73. The molecule has 1 atom stereocenters. The average molecular weight is 328 g/mol. The molecular formula is C21H28O3. The molecular weight excluding hydrogens is 300 g/mol. The lowest BCUT2D eigenvalue weighted by Crippen LogP contribution is -2.08. The Morgan fingerprint density at radius 3 is 2.50 bits per heavy atom. The van der Waals surface area contributed by atoms with Crippen LogP contribution in [0, 0.1) is 6.92 Å². The molecule has 1 aromatic carbocycles. The standard InChI is InChI=1S/C21H28O3/c1-5-6-12-19-18(14-13-15(2)22)20(16(3)24-19)21(23-4)17-10-8-7-9-11-17/h7-11,21H,5-6,12-14H2,1-4H3. The predicted molar refractivity (Wildman–Crippen MR) is 96.4 cm³/mol. The first-order chi connectivity index (χ1) is 11.6. The summed E-state index contributed by atoms with van der Waals surface area (Å²) in [5.74, 6) is 2.12. The fourth-order valence-electron chi connectivity index (χ4n) is 3.17. The summed E-state index contributed by atoms with van der Waals surface area (Å²) in [6.45, 7) is 5.81. The second-order valence-electron chi connectivity index (χ2n) is 6.31. The van der Waals surface area contributed by atoms with Crippen molar-refractivity contribution in [2.75, 3.05) is 7.11 Å². The van der Waals surface area contributed by atoms with Gasteiger partial charge in [-0.2, -0.15) is 0 Å². The Kier molecular flexibility index (Phi) is 6.80. The van der Waals surface area contributed by atoms with E-state index in [1.54, 1.807) is 14.0 Å². The summed E-state index contributed by atoms with van der Waals surface area (Å²) in [5, 5.41) is 0. The lowest BCUT2D eigenvalue weighted by molar-refractivity contribution is -0.116. The highest BCUT2D eigenvalue weighted by Gasteiger charge is 2.25. The molecule has 2 rings (SSSR count). The molecule has 0 amide bonds. The molecule has 24 heavy (non-hydrogen) atoms. The summed E-state index contributed by atoms with van der Waals surface area (Å²) < 4.78 is 11.9. The van der Waals surface area contributed by atoms with Crippen molar-refractivity contribution in [3.63, 3.8) is 0 Å². The Morgan fingerprint density at radius 2 is 1.92 bits per heavy atom.